The average Bonchev–Trinajstić information content (AvgIpc) is 3.71. The van der Waals surface area contributed by atoms with Gasteiger partial charge in [-0.3, -0.25) is 9.59 Å². The number of rotatable bonds is 8. The van der Waals surface area contributed by atoms with Gasteiger partial charge in [0.25, 0.3) is 5.88 Å². The number of amides is 2. The Morgan fingerprint density at radius 1 is 1.06 bits per heavy atom. The number of carbonyl (C=O) groups excluding carboxylic acids is 2. The van der Waals surface area contributed by atoms with E-state index in [0.717, 1.165) is 18.8 Å². The van der Waals surface area contributed by atoms with Gasteiger partial charge < -0.3 is 30.7 Å². The number of primary amides is 1. The molecule has 5 rings (SSSR count). The Bertz CT molecular complexity index is 1280. The van der Waals surface area contributed by atoms with Gasteiger partial charge in [-0.2, -0.15) is 9.37 Å². The summed E-state index contributed by atoms with van der Waals surface area (Å²) in [4.78, 5) is 34.0. The Hall–Kier alpha value is -4.25. The first-order chi connectivity index (χ1) is 17.4. The van der Waals surface area contributed by atoms with Gasteiger partial charge in [0.2, 0.25) is 17.6 Å². The van der Waals surface area contributed by atoms with Gasteiger partial charge in [0.05, 0.1) is 13.2 Å². The van der Waals surface area contributed by atoms with Crippen LogP contribution in [0.5, 0.6) is 11.6 Å². The monoisotopic (exact) mass is 492 g/mol. The summed E-state index contributed by atoms with van der Waals surface area (Å²) in [6, 6.07) is 13.9. The molecule has 0 spiro atoms. The fraction of sp³-hybridized carbons (Fsp3) is 0.280. The summed E-state index contributed by atoms with van der Waals surface area (Å²) >= 11 is 0. The number of benzene rings is 2. The average molecular weight is 493 g/mol. The SMILES string of the molecule is NC(=O)C1(C(=O)Nc2ccc(Oc3ncnc(Nc4cccc(N5CCOCC5)c4)c3F)cc2)CC1. The fourth-order valence-corrected chi connectivity index (χ4v) is 3.93. The lowest BCUT2D eigenvalue weighted by Gasteiger charge is -2.29. The molecule has 10 nitrogen and oxygen atoms in total. The number of hydrogen-bond acceptors (Lipinski definition) is 8. The number of anilines is 4. The van der Waals surface area contributed by atoms with Crippen molar-refractivity contribution in [3.8, 4) is 11.6 Å². The molecule has 2 aliphatic rings. The molecule has 1 saturated carbocycles. The first kappa shape index (κ1) is 23.5. The van der Waals surface area contributed by atoms with Gasteiger partial charge in [-0.05, 0) is 55.3 Å². The lowest BCUT2D eigenvalue weighted by molar-refractivity contribution is -0.132. The molecule has 2 heterocycles. The zero-order valence-electron chi connectivity index (χ0n) is 19.4. The second-order valence-corrected chi connectivity index (χ2v) is 8.64. The first-order valence-corrected chi connectivity index (χ1v) is 11.5. The highest BCUT2D eigenvalue weighted by molar-refractivity contribution is 6.12. The smallest absolute Gasteiger partial charge is 0.261 e. The zero-order valence-corrected chi connectivity index (χ0v) is 19.4. The number of carbonyl (C=O) groups is 2. The fourth-order valence-electron chi connectivity index (χ4n) is 3.93. The minimum atomic E-state index is -1.12. The molecule has 1 aromatic heterocycles. The van der Waals surface area contributed by atoms with Gasteiger partial charge in [-0.15, -0.1) is 0 Å². The summed E-state index contributed by atoms with van der Waals surface area (Å²) < 4.78 is 26.1. The van der Waals surface area contributed by atoms with Gasteiger partial charge in [0.15, 0.2) is 5.82 Å². The van der Waals surface area contributed by atoms with Crippen LogP contribution >= 0.6 is 0 Å². The Balaban J connectivity index is 1.25. The Kier molecular flexibility index (Phi) is 6.38. The van der Waals surface area contributed by atoms with Gasteiger partial charge in [0, 0.05) is 30.2 Å². The van der Waals surface area contributed by atoms with Crippen LogP contribution in [0.4, 0.5) is 27.3 Å². The van der Waals surface area contributed by atoms with Crippen molar-refractivity contribution in [3.63, 3.8) is 0 Å². The summed E-state index contributed by atoms with van der Waals surface area (Å²) in [5.41, 5.74) is 6.36. The van der Waals surface area contributed by atoms with E-state index >= 15 is 4.39 Å². The predicted molar refractivity (Wildman–Crippen MR) is 131 cm³/mol. The summed E-state index contributed by atoms with van der Waals surface area (Å²) in [6.45, 7) is 2.91. The number of ether oxygens (including phenoxy) is 2. The molecule has 4 N–H and O–H groups in total. The van der Waals surface area contributed by atoms with E-state index < -0.39 is 23.0 Å². The van der Waals surface area contributed by atoms with E-state index in [4.69, 9.17) is 15.2 Å². The van der Waals surface area contributed by atoms with E-state index in [1.165, 1.54) is 6.33 Å². The summed E-state index contributed by atoms with van der Waals surface area (Å²) in [6.07, 6.45) is 2.09. The highest BCUT2D eigenvalue weighted by Crippen LogP contribution is 2.46. The molecule has 0 bridgehead atoms. The molecule has 11 heteroatoms. The van der Waals surface area contributed by atoms with Crippen LogP contribution in [0.2, 0.25) is 0 Å². The van der Waals surface area contributed by atoms with E-state index in [1.54, 1.807) is 24.3 Å². The molecule has 36 heavy (non-hydrogen) atoms. The van der Waals surface area contributed by atoms with Crippen molar-refractivity contribution in [2.45, 2.75) is 12.8 Å². The molecule has 0 atom stereocenters. The highest BCUT2D eigenvalue weighted by Gasteiger charge is 2.55. The van der Waals surface area contributed by atoms with Crippen molar-refractivity contribution < 1.29 is 23.5 Å². The third kappa shape index (κ3) is 4.91. The predicted octanol–water partition coefficient (Wildman–Crippen LogP) is 3.19. The molecule has 0 unspecified atom stereocenters. The second-order valence-electron chi connectivity index (χ2n) is 8.64. The molecule has 0 radical (unpaired) electrons. The van der Waals surface area contributed by atoms with Crippen LogP contribution in [0, 0.1) is 11.2 Å². The number of hydrogen-bond donors (Lipinski definition) is 3. The molecule has 1 saturated heterocycles. The maximum Gasteiger partial charge on any atom is 0.261 e. The molecular weight excluding hydrogens is 467 g/mol. The van der Waals surface area contributed by atoms with Crippen molar-refractivity contribution >= 4 is 34.7 Å². The molecule has 1 aliphatic carbocycles. The van der Waals surface area contributed by atoms with E-state index in [-0.39, 0.29) is 11.7 Å². The van der Waals surface area contributed by atoms with Crippen LogP contribution < -0.4 is 26.0 Å². The van der Waals surface area contributed by atoms with Crippen LogP contribution in [0.25, 0.3) is 0 Å². The molecule has 2 fully saturated rings. The summed E-state index contributed by atoms with van der Waals surface area (Å²) in [7, 11) is 0. The van der Waals surface area contributed by atoms with Crippen LogP contribution in [-0.2, 0) is 14.3 Å². The molecule has 186 valence electrons. The largest absolute Gasteiger partial charge is 0.436 e. The third-order valence-corrected chi connectivity index (χ3v) is 6.23. The van der Waals surface area contributed by atoms with Crippen molar-refractivity contribution in [1.29, 1.82) is 0 Å². The van der Waals surface area contributed by atoms with E-state index in [9.17, 15) is 9.59 Å². The number of aromatic nitrogens is 2. The van der Waals surface area contributed by atoms with Gasteiger partial charge in [-0.25, -0.2) is 4.98 Å². The second kappa shape index (κ2) is 9.78. The maximum atomic E-state index is 15.1. The Morgan fingerprint density at radius 3 is 2.50 bits per heavy atom. The minimum absolute atomic E-state index is 0.0239. The highest BCUT2D eigenvalue weighted by atomic mass is 19.1. The third-order valence-electron chi connectivity index (χ3n) is 6.23. The van der Waals surface area contributed by atoms with E-state index in [2.05, 4.69) is 25.5 Å². The summed E-state index contributed by atoms with van der Waals surface area (Å²) in [5, 5.41) is 5.67. The summed E-state index contributed by atoms with van der Waals surface area (Å²) in [5.74, 6) is -1.77. The maximum absolute atomic E-state index is 15.1. The Labute approximate surface area is 206 Å². The standard InChI is InChI=1S/C25H25FN6O4/c26-20-21(30-17-2-1-3-18(14-17)32-10-12-35-13-11-32)28-15-29-22(20)36-19-6-4-16(5-7-19)31-24(34)25(8-9-25)23(27)33/h1-7,14-15H,8-13H2,(H2,27,33)(H,31,34)(H,28,29,30). The van der Waals surface area contributed by atoms with Crippen molar-refractivity contribution in [2.24, 2.45) is 11.1 Å². The van der Waals surface area contributed by atoms with Crippen LogP contribution in [0.3, 0.4) is 0 Å². The number of morpholine rings is 1. The van der Waals surface area contributed by atoms with Crippen molar-refractivity contribution in [2.75, 3.05) is 41.8 Å². The van der Waals surface area contributed by atoms with Gasteiger partial charge in [-0.1, -0.05) is 6.07 Å². The van der Waals surface area contributed by atoms with Gasteiger partial charge in [0.1, 0.15) is 17.5 Å². The number of halogens is 1. The molecule has 2 amide bonds. The number of nitrogens with zero attached hydrogens (tertiary/aromatic N) is 3. The first-order valence-electron chi connectivity index (χ1n) is 11.5. The minimum Gasteiger partial charge on any atom is -0.436 e. The number of nitrogens with one attached hydrogen (secondary N) is 2. The zero-order chi connectivity index (χ0) is 25.1. The molecule has 3 aromatic rings. The molecule has 1 aliphatic heterocycles. The lowest BCUT2D eigenvalue weighted by Crippen LogP contribution is -2.36. The molecular formula is C25H25FN6O4. The lowest BCUT2D eigenvalue weighted by atomic mass is 10.1. The number of nitrogens with two attached hydrogens (primary N) is 1. The van der Waals surface area contributed by atoms with Crippen molar-refractivity contribution in [1.82, 2.24) is 9.97 Å². The van der Waals surface area contributed by atoms with Crippen LogP contribution in [0.1, 0.15) is 12.8 Å². The normalized spacial score (nSPS) is 16.2. The Morgan fingerprint density at radius 2 is 1.81 bits per heavy atom. The van der Waals surface area contributed by atoms with Crippen molar-refractivity contribution in [3.05, 3.63) is 60.7 Å². The van der Waals surface area contributed by atoms with Gasteiger partial charge >= 0.3 is 0 Å². The van der Waals surface area contributed by atoms with Crippen LogP contribution in [0.15, 0.2) is 54.9 Å². The van der Waals surface area contributed by atoms with E-state index in [0.29, 0.717) is 43.2 Å². The topological polar surface area (TPSA) is 132 Å². The molecule has 2 aromatic carbocycles. The van der Waals surface area contributed by atoms with Crippen LogP contribution in [-0.4, -0.2) is 48.1 Å². The van der Waals surface area contributed by atoms with E-state index in [1.807, 2.05) is 24.3 Å². The quantitative estimate of drug-likeness (QED) is 0.409.